The minimum Gasteiger partial charge on any atom is -0.354 e. The third-order valence-electron chi connectivity index (χ3n) is 3.09. The summed E-state index contributed by atoms with van der Waals surface area (Å²) in [5, 5.41) is 3.00. The maximum atomic E-state index is 12.1. The number of sulfonamides is 1. The maximum absolute atomic E-state index is 12.1. The highest BCUT2D eigenvalue weighted by Crippen LogP contribution is 2.07. The van der Waals surface area contributed by atoms with Gasteiger partial charge in [0.1, 0.15) is 4.90 Å². The van der Waals surface area contributed by atoms with Crippen molar-refractivity contribution in [2.45, 2.75) is 32.1 Å². The molecule has 0 saturated carbocycles. The number of aromatic nitrogens is 2. The van der Waals surface area contributed by atoms with Gasteiger partial charge < -0.3 is 10.2 Å². The summed E-state index contributed by atoms with van der Waals surface area (Å²) in [6.07, 6.45) is 3.60. The lowest BCUT2D eigenvalue weighted by Gasteiger charge is -2.17. The minimum absolute atomic E-state index is 0.0871. The standard InChI is InChI=1S/C13H25N5O2S/c1-4-7-14-13-15-10-12(11-16-13)21(19,20)17-8-9-18(5-2)6-3/h10-11,17H,4-9H2,1-3H3,(H,14,15,16). The predicted octanol–water partition coefficient (Wildman–Crippen LogP) is 0.919. The summed E-state index contributed by atoms with van der Waals surface area (Å²) in [5.41, 5.74) is 0. The molecule has 0 amide bonds. The van der Waals surface area contributed by atoms with E-state index in [1.165, 1.54) is 12.4 Å². The van der Waals surface area contributed by atoms with Crippen LogP contribution in [0.15, 0.2) is 17.3 Å². The van der Waals surface area contributed by atoms with Gasteiger partial charge in [-0.15, -0.1) is 0 Å². The summed E-state index contributed by atoms with van der Waals surface area (Å²) >= 11 is 0. The minimum atomic E-state index is -3.54. The van der Waals surface area contributed by atoms with Gasteiger partial charge >= 0.3 is 0 Å². The van der Waals surface area contributed by atoms with Crippen LogP contribution in [0.25, 0.3) is 0 Å². The van der Waals surface area contributed by atoms with E-state index in [4.69, 9.17) is 0 Å². The van der Waals surface area contributed by atoms with Gasteiger partial charge in [-0.3, -0.25) is 0 Å². The molecule has 0 aliphatic heterocycles. The fraction of sp³-hybridized carbons (Fsp3) is 0.692. The second-order valence-corrected chi connectivity index (χ2v) is 6.36. The number of likely N-dealkylation sites (N-methyl/N-ethyl adjacent to an activating group) is 1. The van der Waals surface area contributed by atoms with Crippen LogP contribution in [0.5, 0.6) is 0 Å². The van der Waals surface area contributed by atoms with Crippen molar-refractivity contribution in [3.05, 3.63) is 12.4 Å². The number of nitrogens with zero attached hydrogens (tertiary/aromatic N) is 3. The Morgan fingerprint density at radius 3 is 2.24 bits per heavy atom. The van der Waals surface area contributed by atoms with Crippen LogP contribution in [-0.2, 0) is 10.0 Å². The molecule has 1 heterocycles. The highest BCUT2D eigenvalue weighted by atomic mass is 32.2. The molecule has 0 radical (unpaired) electrons. The average Bonchev–Trinajstić information content (AvgIpc) is 2.50. The van der Waals surface area contributed by atoms with Gasteiger partial charge in [0.15, 0.2) is 0 Å². The van der Waals surface area contributed by atoms with Gasteiger partial charge in [-0.05, 0) is 19.5 Å². The molecule has 0 unspecified atom stereocenters. The second-order valence-electron chi connectivity index (χ2n) is 4.59. The number of rotatable bonds is 10. The largest absolute Gasteiger partial charge is 0.354 e. The Morgan fingerprint density at radius 2 is 1.71 bits per heavy atom. The summed E-state index contributed by atoms with van der Waals surface area (Å²) in [6.45, 7) is 9.75. The molecule has 1 aromatic rings. The van der Waals surface area contributed by atoms with Crippen LogP contribution in [0.4, 0.5) is 5.95 Å². The van der Waals surface area contributed by atoms with Crippen LogP contribution in [0.2, 0.25) is 0 Å². The third-order valence-corrected chi connectivity index (χ3v) is 4.50. The monoisotopic (exact) mass is 315 g/mol. The fourth-order valence-corrected chi connectivity index (χ4v) is 2.65. The molecule has 7 nitrogen and oxygen atoms in total. The number of nitrogens with one attached hydrogen (secondary N) is 2. The van der Waals surface area contributed by atoms with Crippen LogP contribution in [0.3, 0.4) is 0 Å². The van der Waals surface area contributed by atoms with Crippen molar-refractivity contribution in [2.24, 2.45) is 0 Å². The molecule has 0 saturated heterocycles. The van der Waals surface area contributed by atoms with Crippen LogP contribution in [0.1, 0.15) is 27.2 Å². The molecule has 0 spiro atoms. The van der Waals surface area contributed by atoms with Crippen LogP contribution in [0, 0.1) is 0 Å². The summed E-state index contributed by atoms with van der Waals surface area (Å²) in [4.78, 5) is 10.2. The lowest BCUT2D eigenvalue weighted by molar-refractivity contribution is 0.309. The molecular formula is C13H25N5O2S. The first-order valence-corrected chi connectivity index (χ1v) is 8.79. The first-order valence-electron chi connectivity index (χ1n) is 7.31. The smallest absolute Gasteiger partial charge is 0.243 e. The molecule has 1 rings (SSSR count). The van der Waals surface area contributed by atoms with Crippen molar-refractivity contribution in [3.63, 3.8) is 0 Å². The Balaban J connectivity index is 2.57. The second kappa shape index (κ2) is 8.91. The molecule has 21 heavy (non-hydrogen) atoms. The molecule has 1 aromatic heterocycles. The molecule has 0 aliphatic carbocycles. The van der Waals surface area contributed by atoms with Crippen LogP contribution >= 0.6 is 0 Å². The Labute approximate surface area is 127 Å². The van der Waals surface area contributed by atoms with Gasteiger partial charge in [0.2, 0.25) is 16.0 Å². The van der Waals surface area contributed by atoms with E-state index in [0.717, 1.165) is 26.1 Å². The SMILES string of the molecule is CCCNc1ncc(S(=O)(=O)NCCN(CC)CC)cn1. The van der Waals surface area contributed by atoms with Gasteiger partial charge in [-0.2, -0.15) is 0 Å². The van der Waals surface area contributed by atoms with Crippen molar-refractivity contribution in [2.75, 3.05) is 38.0 Å². The van der Waals surface area contributed by atoms with Gasteiger partial charge in [0.05, 0.1) is 12.4 Å². The van der Waals surface area contributed by atoms with E-state index in [1.807, 2.05) is 20.8 Å². The maximum Gasteiger partial charge on any atom is 0.243 e. The van der Waals surface area contributed by atoms with E-state index in [2.05, 4.69) is 24.9 Å². The lowest BCUT2D eigenvalue weighted by atomic mass is 10.5. The highest BCUT2D eigenvalue weighted by Gasteiger charge is 2.15. The topological polar surface area (TPSA) is 87.2 Å². The van der Waals surface area contributed by atoms with E-state index >= 15 is 0 Å². The van der Waals surface area contributed by atoms with Crippen molar-refractivity contribution in [1.29, 1.82) is 0 Å². The summed E-state index contributed by atoms with van der Waals surface area (Å²) < 4.78 is 26.7. The zero-order chi connectivity index (χ0) is 15.7. The van der Waals surface area contributed by atoms with Gasteiger partial charge in [0.25, 0.3) is 0 Å². The molecule has 0 fully saturated rings. The van der Waals surface area contributed by atoms with Gasteiger partial charge in [-0.25, -0.2) is 23.1 Å². The predicted molar refractivity (Wildman–Crippen MR) is 83.8 cm³/mol. The Hall–Kier alpha value is -1.25. The van der Waals surface area contributed by atoms with Gasteiger partial charge in [0, 0.05) is 19.6 Å². The van der Waals surface area contributed by atoms with E-state index in [-0.39, 0.29) is 4.90 Å². The lowest BCUT2D eigenvalue weighted by Crippen LogP contribution is -2.34. The summed E-state index contributed by atoms with van der Waals surface area (Å²) in [5.74, 6) is 0.443. The third kappa shape index (κ3) is 5.94. The summed E-state index contributed by atoms with van der Waals surface area (Å²) in [6, 6.07) is 0. The van der Waals surface area contributed by atoms with Crippen molar-refractivity contribution < 1.29 is 8.42 Å². The molecule has 0 atom stereocenters. The number of anilines is 1. The highest BCUT2D eigenvalue weighted by molar-refractivity contribution is 7.89. The van der Waals surface area contributed by atoms with E-state index in [9.17, 15) is 8.42 Å². The molecule has 0 bridgehead atoms. The molecule has 0 aliphatic rings. The van der Waals surface area contributed by atoms with Gasteiger partial charge in [-0.1, -0.05) is 20.8 Å². The summed E-state index contributed by atoms with van der Waals surface area (Å²) in [7, 11) is -3.54. The average molecular weight is 315 g/mol. The van der Waals surface area contributed by atoms with E-state index in [1.54, 1.807) is 0 Å². The molecule has 0 aromatic carbocycles. The normalized spacial score (nSPS) is 11.8. The molecular weight excluding hydrogens is 290 g/mol. The number of hydrogen-bond donors (Lipinski definition) is 2. The fourth-order valence-electron chi connectivity index (χ4n) is 1.74. The van der Waals surface area contributed by atoms with Crippen molar-refractivity contribution in [3.8, 4) is 0 Å². The first-order chi connectivity index (χ1) is 10.0. The Bertz CT molecular complexity index is 500. The molecule has 120 valence electrons. The Morgan fingerprint density at radius 1 is 1.10 bits per heavy atom. The number of hydrogen-bond acceptors (Lipinski definition) is 6. The van der Waals surface area contributed by atoms with E-state index in [0.29, 0.717) is 19.0 Å². The van der Waals surface area contributed by atoms with E-state index < -0.39 is 10.0 Å². The molecule has 2 N–H and O–H groups in total. The van der Waals surface area contributed by atoms with Crippen LogP contribution < -0.4 is 10.0 Å². The van der Waals surface area contributed by atoms with Crippen molar-refractivity contribution >= 4 is 16.0 Å². The first kappa shape index (κ1) is 17.8. The zero-order valence-electron chi connectivity index (χ0n) is 13.0. The Kier molecular flexibility index (Phi) is 7.55. The van der Waals surface area contributed by atoms with Crippen molar-refractivity contribution in [1.82, 2.24) is 19.6 Å². The zero-order valence-corrected chi connectivity index (χ0v) is 13.8. The molecule has 8 heteroatoms. The van der Waals surface area contributed by atoms with Crippen LogP contribution in [-0.4, -0.2) is 56.0 Å². The quantitative estimate of drug-likeness (QED) is 0.667.